The molecule has 0 fully saturated rings. The average molecular weight is 226 g/mol. The second-order valence-electron chi connectivity index (χ2n) is 4.63. The van der Waals surface area contributed by atoms with Crippen molar-refractivity contribution in [1.29, 1.82) is 0 Å². The fourth-order valence-electron chi connectivity index (χ4n) is 2.46. The molecule has 0 saturated carbocycles. The van der Waals surface area contributed by atoms with E-state index in [-0.39, 0.29) is 5.78 Å². The number of carbonyl (C=O) groups excluding carboxylic acids is 1. The lowest BCUT2D eigenvalue weighted by Gasteiger charge is -2.09. The van der Waals surface area contributed by atoms with Gasteiger partial charge in [-0.25, -0.2) is 4.68 Å². The van der Waals surface area contributed by atoms with Crippen molar-refractivity contribution in [2.45, 2.75) is 26.7 Å². The quantitative estimate of drug-likeness (QED) is 0.749. The van der Waals surface area contributed by atoms with Crippen molar-refractivity contribution >= 4 is 5.78 Å². The van der Waals surface area contributed by atoms with Gasteiger partial charge in [0.15, 0.2) is 5.78 Å². The van der Waals surface area contributed by atoms with Crippen LogP contribution in [0.1, 0.15) is 33.6 Å². The van der Waals surface area contributed by atoms with Crippen molar-refractivity contribution in [1.82, 2.24) is 9.78 Å². The molecule has 1 aliphatic rings. The first-order valence-corrected chi connectivity index (χ1v) is 5.84. The molecular formula is C14H14N2O. The summed E-state index contributed by atoms with van der Waals surface area (Å²) in [5.74, 6) is 0.219. The van der Waals surface area contributed by atoms with E-state index in [1.807, 2.05) is 4.68 Å². The monoisotopic (exact) mass is 226 g/mol. The highest BCUT2D eigenvalue weighted by Gasteiger charge is 2.25. The number of hydrogen-bond donors (Lipinski definition) is 0. The molecule has 3 rings (SSSR count). The maximum absolute atomic E-state index is 11.6. The highest BCUT2D eigenvalue weighted by atomic mass is 16.1. The molecule has 0 amide bonds. The Morgan fingerprint density at radius 3 is 2.82 bits per heavy atom. The third kappa shape index (κ3) is 1.50. The van der Waals surface area contributed by atoms with Crippen LogP contribution in [-0.2, 0) is 6.42 Å². The number of aryl methyl sites for hydroxylation is 2. The van der Waals surface area contributed by atoms with Gasteiger partial charge in [-0.1, -0.05) is 17.7 Å². The van der Waals surface area contributed by atoms with Crippen LogP contribution in [0.4, 0.5) is 0 Å². The molecular weight excluding hydrogens is 212 g/mol. The molecule has 2 aromatic rings. The highest BCUT2D eigenvalue weighted by molar-refractivity contribution is 5.99. The summed E-state index contributed by atoms with van der Waals surface area (Å²) in [6.07, 6.45) is 3.13. The second kappa shape index (κ2) is 3.55. The molecule has 1 aliphatic carbocycles. The number of carbonyl (C=O) groups is 1. The molecule has 0 spiro atoms. The van der Waals surface area contributed by atoms with E-state index in [0.717, 1.165) is 23.4 Å². The van der Waals surface area contributed by atoms with Gasteiger partial charge >= 0.3 is 0 Å². The standard InChI is InChI=1S/C14H14N2O/c1-9-3-4-12(10(2)7-9)16-13-5-6-14(17)11(13)8-15-16/h3-4,7-8H,5-6H2,1-2H3. The minimum absolute atomic E-state index is 0.219. The molecule has 17 heavy (non-hydrogen) atoms. The number of benzene rings is 1. The van der Waals surface area contributed by atoms with E-state index in [1.165, 1.54) is 11.1 Å². The number of hydrogen-bond acceptors (Lipinski definition) is 2. The van der Waals surface area contributed by atoms with Gasteiger partial charge in [-0.15, -0.1) is 0 Å². The van der Waals surface area contributed by atoms with Crippen LogP contribution in [0.15, 0.2) is 24.4 Å². The molecule has 1 heterocycles. The number of fused-ring (bicyclic) bond motifs is 1. The fraction of sp³-hybridized carbons (Fsp3) is 0.286. The highest BCUT2D eigenvalue weighted by Crippen LogP contribution is 2.25. The van der Waals surface area contributed by atoms with Crippen LogP contribution in [0.5, 0.6) is 0 Å². The predicted molar refractivity (Wildman–Crippen MR) is 65.7 cm³/mol. The Labute approximate surface area is 100 Å². The molecule has 0 atom stereocenters. The lowest BCUT2D eigenvalue weighted by molar-refractivity contribution is 0.0994. The third-order valence-corrected chi connectivity index (χ3v) is 3.34. The molecule has 0 saturated heterocycles. The zero-order valence-corrected chi connectivity index (χ0v) is 10.0. The van der Waals surface area contributed by atoms with E-state index in [9.17, 15) is 4.79 Å². The van der Waals surface area contributed by atoms with E-state index in [2.05, 4.69) is 37.1 Å². The summed E-state index contributed by atoms with van der Waals surface area (Å²) in [7, 11) is 0. The second-order valence-corrected chi connectivity index (χ2v) is 4.63. The minimum Gasteiger partial charge on any atom is -0.294 e. The Bertz CT molecular complexity index is 611. The van der Waals surface area contributed by atoms with Crippen molar-refractivity contribution in [3.05, 3.63) is 46.8 Å². The van der Waals surface area contributed by atoms with Crippen LogP contribution in [-0.4, -0.2) is 15.6 Å². The van der Waals surface area contributed by atoms with E-state index >= 15 is 0 Å². The number of ketones is 1. The maximum Gasteiger partial charge on any atom is 0.166 e. The Morgan fingerprint density at radius 2 is 2.06 bits per heavy atom. The van der Waals surface area contributed by atoms with Crippen LogP contribution in [0.2, 0.25) is 0 Å². The van der Waals surface area contributed by atoms with Crippen molar-refractivity contribution in [2.24, 2.45) is 0 Å². The molecule has 0 unspecified atom stereocenters. The Hall–Kier alpha value is -1.90. The summed E-state index contributed by atoms with van der Waals surface area (Å²) in [4.78, 5) is 11.6. The molecule has 0 radical (unpaired) electrons. The van der Waals surface area contributed by atoms with Gasteiger partial charge in [-0.2, -0.15) is 5.10 Å². The first kappa shape index (κ1) is 10.3. The Balaban J connectivity index is 2.17. The lowest BCUT2D eigenvalue weighted by atomic mass is 10.1. The molecule has 1 aromatic heterocycles. The molecule has 1 aromatic carbocycles. The van der Waals surface area contributed by atoms with Gasteiger partial charge in [0, 0.05) is 6.42 Å². The fourth-order valence-corrected chi connectivity index (χ4v) is 2.46. The van der Waals surface area contributed by atoms with E-state index in [4.69, 9.17) is 0 Å². The van der Waals surface area contributed by atoms with E-state index in [0.29, 0.717) is 6.42 Å². The summed E-state index contributed by atoms with van der Waals surface area (Å²) in [5, 5.41) is 4.34. The zero-order chi connectivity index (χ0) is 12.0. The van der Waals surface area contributed by atoms with E-state index in [1.54, 1.807) is 6.20 Å². The van der Waals surface area contributed by atoms with Gasteiger partial charge in [-0.05, 0) is 31.9 Å². The van der Waals surface area contributed by atoms with Gasteiger partial charge in [0.05, 0.1) is 23.1 Å². The zero-order valence-electron chi connectivity index (χ0n) is 10.0. The molecule has 86 valence electrons. The smallest absolute Gasteiger partial charge is 0.166 e. The van der Waals surface area contributed by atoms with Crippen LogP contribution in [0, 0.1) is 13.8 Å². The SMILES string of the molecule is Cc1ccc(-n2ncc3c2CCC3=O)c(C)c1. The largest absolute Gasteiger partial charge is 0.294 e. The normalized spacial score (nSPS) is 14.1. The molecule has 3 heteroatoms. The maximum atomic E-state index is 11.6. The average Bonchev–Trinajstić information content (AvgIpc) is 2.83. The van der Waals surface area contributed by atoms with E-state index < -0.39 is 0 Å². The third-order valence-electron chi connectivity index (χ3n) is 3.34. The van der Waals surface area contributed by atoms with Crippen molar-refractivity contribution < 1.29 is 4.79 Å². The Kier molecular flexibility index (Phi) is 2.15. The number of Topliss-reactive ketones (excluding diaryl/α,β-unsaturated/α-hetero) is 1. The van der Waals surface area contributed by atoms with Crippen LogP contribution in [0.3, 0.4) is 0 Å². The first-order chi connectivity index (χ1) is 8.16. The van der Waals surface area contributed by atoms with Crippen molar-refractivity contribution in [3.63, 3.8) is 0 Å². The van der Waals surface area contributed by atoms with Crippen LogP contribution >= 0.6 is 0 Å². The molecule has 0 aliphatic heterocycles. The summed E-state index contributed by atoms with van der Waals surface area (Å²) in [6, 6.07) is 6.29. The number of rotatable bonds is 1. The number of aromatic nitrogens is 2. The van der Waals surface area contributed by atoms with Crippen LogP contribution in [0.25, 0.3) is 5.69 Å². The molecule has 0 N–H and O–H groups in total. The Morgan fingerprint density at radius 1 is 1.24 bits per heavy atom. The number of nitrogens with zero attached hydrogens (tertiary/aromatic N) is 2. The minimum atomic E-state index is 0.219. The van der Waals surface area contributed by atoms with Crippen molar-refractivity contribution in [2.75, 3.05) is 0 Å². The summed E-state index contributed by atoms with van der Waals surface area (Å²) in [5.41, 5.74) is 5.36. The summed E-state index contributed by atoms with van der Waals surface area (Å²) in [6.45, 7) is 4.15. The molecule has 3 nitrogen and oxygen atoms in total. The van der Waals surface area contributed by atoms with Gasteiger partial charge < -0.3 is 0 Å². The lowest BCUT2D eigenvalue weighted by Crippen LogP contribution is -2.03. The first-order valence-electron chi connectivity index (χ1n) is 5.84. The summed E-state index contributed by atoms with van der Waals surface area (Å²) >= 11 is 0. The topological polar surface area (TPSA) is 34.9 Å². The van der Waals surface area contributed by atoms with Crippen molar-refractivity contribution in [3.8, 4) is 5.69 Å². The van der Waals surface area contributed by atoms with Gasteiger partial charge in [0.2, 0.25) is 0 Å². The van der Waals surface area contributed by atoms with Gasteiger partial charge in [0.1, 0.15) is 0 Å². The van der Waals surface area contributed by atoms with Gasteiger partial charge in [-0.3, -0.25) is 4.79 Å². The summed E-state index contributed by atoms with van der Waals surface area (Å²) < 4.78 is 1.91. The molecule has 0 bridgehead atoms. The predicted octanol–water partition coefficient (Wildman–Crippen LogP) is 2.62. The van der Waals surface area contributed by atoms with Crippen LogP contribution < -0.4 is 0 Å². The van der Waals surface area contributed by atoms with Gasteiger partial charge in [0.25, 0.3) is 0 Å².